The van der Waals surface area contributed by atoms with Gasteiger partial charge in [-0.25, -0.2) is 0 Å². The molecule has 0 saturated carbocycles. The number of nitriles is 1. The van der Waals surface area contributed by atoms with Crippen LogP contribution in [0.1, 0.15) is 35.6 Å². The summed E-state index contributed by atoms with van der Waals surface area (Å²) in [6.07, 6.45) is 1.80. The lowest BCUT2D eigenvalue weighted by atomic mass is 10.2. The highest BCUT2D eigenvalue weighted by atomic mass is 15.0. The van der Waals surface area contributed by atoms with Crippen molar-refractivity contribution in [2.75, 3.05) is 0 Å². The lowest BCUT2D eigenvalue weighted by Crippen LogP contribution is -2.19. The van der Waals surface area contributed by atoms with Crippen molar-refractivity contribution in [3.63, 3.8) is 0 Å². The Morgan fingerprint density at radius 2 is 2.26 bits per heavy atom. The van der Waals surface area contributed by atoms with Gasteiger partial charge in [-0.1, -0.05) is 6.07 Å². The Bertz CT molecular complexity index is 593. The second kappa shape index (κ2) is 5.68. The normalized spacial score (nSPS) is 12.1. The number of rotatable bonds is 4. The van der Waals surface area contributed by atoms with Gasteiger partial charge in [0.15, 0.2) is 0 Å². The summed E-state index contributed by atoms with van der Waals surface area (Å²) in [6, 6.07) is 10.2. The fraction of sp³-hybridized carbons (Fsp3) is 0.333. The Kier molecular flexibility index (Phi) is 3.98. The molecule has 4 heteroatoms. The van der Waals surface area contributed by atoms with Crippen molar-refractivity contribution in [1.82, 2.24) is 14.9 Å². The molecule has 2 aromatic heterocycles. The summed E-state index contributed by atoms with van der Waals surface area (Å²) in [7, 11) is 1.92. The first-order valence-corrected chi connectivity index (χ1v) is 6.33. The molecule has 4 nitrogen and oxygen atoms in total. The summed E-state index contributed by atoms with van der Waals surface area (Å²) in [5, 5.41) is 12.4. The zero-order valence-corrected chi connectivity index (χ0v) is 11.5. The van der Waals surface area contributed by atoms with E-state index < -0.39 is 0 Å². The molecule has 1 atom stereocenters. The molecule has 2 heterocycles. The first-order valence-electron chi connectivity index (χ1n) is 6.33. The molecule has 0 aliphatic rings. The molecule has 0 spiro atoms. The number of hydrogen-bond acceptors (Lipinski definition) is 3. The van der Waals surface area contributed by atoms with Crippen molar-refractivity contribution in [2.45, 2.75) is 26.4 Å². The lowest BCUT2D eigenvalue weighted by molar-refractivity contribution is 0.559. The van der Waals surface area contributed by atoms with Gasteiger partial charge in [0.1, 0.15) is 11.8 Å². The topological polar surface area (TPSA) is 53.6 Å². The fourth-order valence-electron chi connectivity index (χ4n) is 2.05. The van der Waals surface area contributed by atoms with Crippen LogP contribution in [-0.2, 0) is 13.6 Å². The number of hydrogen-bond donors (Lipinski definition) is 1. The van der Waals surface area contributed by atoms with E-state index in [0.717, 1.165) is 23.5 Å². The van der Waals surface area contributed by atoms with E-state index in [9.17, 15) is 0 Å². The number of nitrogens with zero attached hydrogens (tertiary/aromatic N) is 3. The second-order valence-corrected chi connectivity index (χ2v) is 4.67. The predicted molar refractivity (Wildman–Crippen MR) is 74.4 cm³/mol. The van der Waals surface area contributed by atoms with Crippen molar-refractivity contribution in [1.29, 1.82) is 5.26 Å². The average Bonchev–Trinajstić information content (AvgIpc) is 2.73. The molecular weight excluding hydrogens is 236 g/mol. The van der Waals surface area contributed by atoms with Gasteiger partial charge >= 0.3 is 0 Å². The lowest BCUT2D eigenvalue weighted by Gasteiger charge is -2.13. The van der Waals surface area contributed by atoms with E-state index in [1.807, 2.05) is 42.8 Å². The molecule has 0 saturated heterocycles. The molecule has 2 aromatic rings. The molecule has 2 rings (SSSR count). The monoisotopic (exact) mass is 254 g/mol. The molecule has 0 aliphatic heterocycles. The van der Waals surface area contributed by atoms with Crippen LogP contribution in [0, 0.1) is 18.3 Å². The Morgan fingerprint density at radius 1 is 1.47 bits per heavy atom. The summed E-state index contributed by atoms with van der Waals surface area (Å²) in [4.78, 5) is 4.33. The van der Waals surface area contributed by atoms with Crippen LogP contribution in [0.3, 0.4) is 0 Å². The van der Waals surface area contributed by atoms with Gasteiger partial charge in [-0.3, -0.25) is 4.98 Å². The Morgan fingerprint density at radius 3 is 2.84 bits per heavy atom. The smallest absolute Gasteiger partial charge is 0.120 e. The van der Waals surface area contributed by atoms with Gasteiger partial charge in [0.2, 0.25) is 0 Å². The molecule has 0 unspecified atom stereocenters. The zero-order valence-electron chi connectivity index (χ0n) is 11.5. The summed E-state index contributed by atoms with van der Waals surface area (Å²) in [6.45, 7) is 4.86. The fourth-order valence-corrected chi connectivity index (χ4v) is 2.05. The Balaban J connectivity index is 2.06. The Labute approximate surface area is 113 Å². The number of pyridine rings is 1. The van der Waals surface area contributed by atoms with E-state index in [1.54, 1.807) is 6.20 Å². The van der Waals surface area contributed by atoms with E-state index in [4.69, 9.17) is 5.26 Å². The quantitative estimate of drug-likeness (QED) is 0.911. The minimum absolute atomic E-state index is 0.186. The largest absolute Gasteiger partial charge is 0.340 e. The first-order chi connectivity index (χ1) is 9.13. The van der Waals surface area contributed by atoms with Crippen LogP contribution in [0.4, 0.5) is 0 Å². The summed E-state index contributed by atoms with van der Waals surface area (Å²) in [5.74, 6) is 0. The van der Waals surface area contributed by atoms with E-state index in [2.05, 4.69) is 23.3 Å². The predicted octanol–water partition coefficient (Wildman–Crippen LogP) is 2.45. The highest BCUT2D eigenvalue weighted by Gasteiger charge is 2.10. The highest BCUT2D eigenvalue weighted by molar-refractivity contribution is 5.34. The minimum atomic E-state index is 0.186. The van der Waals surface area contributed by atoms with Crippen LogP contribution in [-0.4, -0.2) is 9.55 Å². The van der Waals surface area contributed by atoms with Crippen LogP contribution in [0.25, 0.3) is 0 Å². The van der Waals surface area contributed by atoms with Crippen LogP contribution in [0.2, 0.25) is 0 Å². The Hall–Kier alpha value is -2.12. The van der Waals surface area contributed by atoms with Gasteiger partial charge < -0.3 is 9.88 Å². The third-order valence-corrected chi connectivity index (χ3v) is 3.48. The van der Waals surface area contributed by atoms with Gasteiger partial charge in [-0.2, -0.15) is 5.26 Å². The number of nitrogens with one attached hydrogen (secondary N) is 1. The first kappa shape index (κ1) is 13.3. The maximum Gasteiger partial charge on any atom is 0.120 e. The highest BCUT2D eigenvalue weighted by Crippen LogP contribution is 2.15. The van der Waals surface area contributed by atoms with Gasteiger partial charge in [0.05, 0.1) is 5.69 Å². The summed E-state index contributed by atoms with van der Waals surface area (Å²) >= 11 is 0. The second-order valence-electron chi connectivity index (χ2n) is 4.67. The maximum absolute atomic E-state index is 9.01. The molecule has 0 fully saturated rings. The SMILES string of the molecule is Cc1c(CN[C@H](C)c2ccccn2)cc(C#N)n1C. The van der Waals surface area contributed by atoms with Gasteiger partial charge in [0, 0.05) is 31.5 Å². The zero-order chi connectivity index (χ0) is 13.8. The van der Waals surface area contributed by atoms with E-state index in [-0.39, 0.29) is 6.04 Å². The van der Waals surface area contributed by atoms with Crippen molar-refractivity contribution in [3.8, 4) is 6.07 Å². The van der Waals surface area contributed by atoms with Gasteiger partial charge in [-0.05, 0) is 37.6 Å². The third-order valence-electron chi connectivity index (χ3n) is 3.48. The number of aromatic nitrogens is 2. The van der Waals surface area contributed by atoms with Crippen molar-refractivity contribution >= 4 is 0 Å². The van der Waals surface area contributed by atoms with E-state index >= 15 is 0 Å². The standard InChI is InChI=1S/C15H18N4/c1-11(15-6-4-5-7-17-15)18-10-13-8-14(9-16)19(3)12(13)2/h4-8,11,18H,10H2,1-3H3/t11-/m1/s1. The van der Waals surface area contributed by atoms with Gasteiger partial charge in [0.25, 0.3) is 0 Å². The summed E-state index contributed by atoms with van der Waals surface area (Å²) in [5.41, 5.74) is 4.00. The van der Waals surface area contributed by atoms with Gasteiger partial charge in [-0.15, -0.1) is 0 Å². The third kappa shape index (κ3) is 2.83. The molecule has 0 bridgehead atoms. The molecule has 0 aromatic carbocycles. The molecule has 1 N–H and O–H groups in total. The molecular formula is C15H18N4. The van der Waals surface area contributed by atoms with E-state index in [1.165, 1.54) is 0 Å². The van der Waals surface area contributed by atoms with Crippen molar-refractivity contribution in [2.24, 2.45) is 7.05 Å². The van der Waals surface area contributed by atoms with Crippen LogP contribution in [0.5, 0.6) is 0 Å². The molecule has 0 radical (unpaired) electrons. The van der Waals surface area contributed by atoms with Crippen LogP contribution < -0.4 is 5.32 Å². The molecule has 98 valence electrons. The molecule has 0 amide bonds. The van der Waals surface area contributed by atoms with Crippen LogP contribution >= 0.6 is 0 Å². The molecule has 19 heavy (non-hydrogen) atoms. The molecule has 0 aliphatic carbocycles. The van der Waals surface area contributed by atoms with Crippen molar-refractivity contribution in [3.05, 3.63) is 53.1 Å². The van der Waals surface area contributed by atoms with Crippen LogP contribution in [0.15, 0.2) is 30.5 Å². The minimum Gasteiger partial charge on any atom is -0.340 e. The van der Waals surface area contributed by atoms with E-state index in [0.29, 0.717) is 5.69 Å². The van der Waals surface area contributed by atoms with Crippen molar-refractivity contribution < 1.29 is 0 Å². The summed E-state index contributed by atoms with van der Waals surface area (Å²) < 4.78 is 1.92. The maximum atomic E-state index is 9.01. The average molecular weight is 254 g/mol.